The molecule has 1 aromatic rings. The lowest BCUT2D eigenvalue weighted by molar-refractivity contribution is -0.118. The van der Waals surface area contributed by atoms with Gasteiger partial charge in [0.15, 0.2) is 0 Å². The quantitative estimate of drug-likeness (QED) is 0.743. The summed E-state index contributed by atoms with van der Waals surface area (Å²) in [6.07, 6.45) is 2.65. The Labute approximate surface area is 174 Å². The third-order valence-electron chi connectivity index (χ3n) is 5.58. The van der Waals surface area contributed by atoms with Crippen molar-refractivity contribution in [2.75, 3.05) is 38.0 Å². The Balaban J connectivity index is 0.00000280. The van der Waals surface area contributed by atoms with Crippen LogP contribution in [-0.4, -0.2) is 62.3 Å². The van der Waals surface area contributed by atoms with Crippen molar-refractivity contribution < 1.29 is 13.2 Å². The molecule has 0 saturated carbocycles. The van der Waals surface area contributed by atoms with E-state index in [2.05, 4.69) is 24.1 Å². The standard InChI is InChI=1S/C19H30N4O3S.ClH/c1-19(2)14-22(11-8-17(19)20)13-18(24)21-15-6-5-7-16(12-15)27(25,26)23-9-3-4-10-23;/h5-7,12,17H,3-4,8-11,13-14,20H2,1-2H3,(H,21,24);1H. The number of hydrogen-bond donors (Lipinski definition) is 2. The molecule has 7 nitrogen and oxygen atoms in total. The Hall–Kier alpha value is -1.19. The Bertz CT molecular complexity index is 794. The first-order valence-electron chi connectivity index (χ1n) is 9.56. The van der Waals surface area contributed by atoms with Gasteiger partial charge in [-0.3, -0.25) is 9.69 Å². The van der Waals surface area contributed by atoms with E-state index in [0.29, 0.717) is 18.8 Å². The topological polar surface area (TPSA) is 95.7 Å². The second-order valence-corrected chi connectivity index (χ2v) is 10.2. The van der Waals surface area contributed by atoms with Gasteiger partial charge in [0, 0.05) is 37.9 Å². The number of halogens is 1. The first-order chi connectivity index (χ1) is 12.7. The molecule has 1 atom stereocenters. The number of carbonyl (C=O) groups excluding carboxylic acids is 1. The van der Waals surface area contributed by atoms with Gasteiger partial charge in [-0.25, -0.2) is 8.42 Å². The monoisotopic (exact) mass is 430 g/mol. The molecule has 28 heavy (non-hydrogen) atoms. The molecule has 3 N–H and O–H groups in total. The van der Waals surface area contributed by atoms with Crippen LogP contribution in [0.5, 0.6) is 0 Å². The molecule has 0 aliphatic carbocycles. The SMILES string of the molecule is CC1(C)CN(CC(=O)Nc2cccc(S(=O)(=O)N3CCCC3)c2)CCC1N.Cl. The lowest BCUT2D eigenvalue weighted by atomic mass is 9.80. The summed E-state index contributed by atoms with van der Waals surface area (Å²) in [7, 11) is -3.49. The summed E-state index contributed by atoms with van der Waals surface area (Å²) >= 11 is 0. The number of amides is 1. The van der Waals surface area contributed by atoms with Crippen molar-refractivity contribution in [3.63, 3.8) is 0 Å². The summed E-state index contributed by atoms with van der Waals surface area (Å²) in [5.41, 5.74) is 6.63. The van der Waals surface area contributed by atoms with Gasteiger partial charge >= 0.3 is 0 Å². The largest absolute Gasteiger partial charge is 0.327 e. The fourth-order valence-corrected chi connectivity index (χ4v) is 5.40. The number of hydrogen-bond acceptors (Lipinski definition) is 5. The molecule has 0 bridgehead atoms. The minimum atomic E-state index is -3.49. The normalized spacial score (nSPS) is 23.2. The molecular weight excluding hydrogens is 400 g/mol. The van der Waals surface area contributed by atoms with Crippen LogP contribution in [0.2, 0.25) is 0 Å². The summed E-state index contributed by atoms with van der Waals surface area (Å²) < 4.78 is 26.9. The van der Waals surface area contributed by atoms with Gasteiger partial charge in [-0.2, -0.15) is 4.31 Å². The predicted molar refractivity (Wildman–Crippen MR) is 113 cm³/mol. The van der Waals surface area contributed by atoms with Crippen molar-refractivity contribution in [1.82, 2.24) is 9.21 Å². The van der Waals surface area contributed by atoms with Gasteiger partial charge < -0.3 is 11.1 Å². The highest BCUT2D eigenvalue weighted by Gasteiger charge is 2.34. The van der Waals surface area contributed by atoms with E-state index in [-0.39, 0.29) is 41.2 Å². The van der Waals surface area contributed by atoms with E-state index in [4.69, 9.17) is 5.73 Å². The van der Waals surface area contributed by atoms with Crippen molar-refractivity contribution in [3.05, 3.63) is 24.3 Å². The van der Waals surface area contributed by atoms with Crippen LogP contribution in [0.3, 0.4) is 0 Å². The molecular formula is C19H31ClN4O3S. The van der Waals surface area contributed by atoms with Crippen LogP contribution in [-0.2, 0) is 14.8 Å². The minimum Gasteiger partial charge on any atom is -0.327 e. The van der Waals surface area contributed by atoms with Gasteiger partial charge in [-0.1, -0.05) is 19.9 Å². The Kier molecular flexibility index (Phi) is 7.50. The summed E-state index contributed by atoms with van der Waals surface area (Å²) in [6, 6.07) is 6.65. The van der Waals surface area contributed by atoms with Crippen molar-refractivity contribution in [3.8, 4) is 0 Å². The van der Waals surface area contributed by atoms with E-state index in [1.54, 1.807) is 24.3 Å². The van der Waals surface area contributed by atoms with Crippen molar-refractivity contribution in [2.24, 2.45) is 11.1 Å². The number of nitrogens with zero attached hydrogens (tertiary/aromatic N) is 2. The van der Waals surface area contributed by atoms with Crippen LogP contribution >= 0.6 is 12.4 Å². The number of nitrogens with one attached hydrogen (secondary N) is 1. The first-order valence-corrected chi connectivity index (χ1v) is 11.0. The van der Waals surface area contributed by atoms with Gasteiger partial charge in [-0.05, 0) is 42.9 Å². The van der Waals surface area contributed by atoms with Crippen molar-refractivity contribution in [1.29, 1.82) is 0 Å². The average Bonchev–Trinajstić information content (AvgIpc) is 3.13. The number of nitrogens with two attached hydrogens (primary N) is 1. The molecule has 2 saturated heterocycles. The maximum Gasteiger partial charge on any atom is 0.243 e. The highest BCUT2D eigenvalue weighted by atomic mass is 35.5. The third kappa shape index (κ3) is 5.24. The molecule has 158 valence electrons. The van der Waals surface area contributed by atoms with Gasteiger partial charge in [0.25, 0.3) is 0 Å². The summed E-state index contributed by atoms with van der Waals surface area (Å²) in [5, 5.41) is 2.84. The smallest absolute Gasteiger partial charge is 0.243 e. The fourth-order valence-electron chi connectivity index (χ4n) is 3.84. The van der Waals surface area contributed by atoms with Crippen LogP contribution in [0, 0.1) is 5.41 Å². The number of benzene rings is 1. The van der Waals surface area contributed by atoms with Gasteiger partial charge in [0.1, 0.15) is 0 Å². The van der Waals surface area contributed by atoms with E-state index >= 15 is 0 Å². The van der Waals surface area contributed by atoms with Gasteiger partial charge in [-0.15, -0.1) is 12.4 Å². The van der Waals surface area contributed by atoms with E-state index in [9.17, 15) is 13.2 Å². The maximum atomic E-state index is 12.7. The molecule has 2 aliphatic rings. The number of likely N-dealkylation sites (tertiary alicyclic amines) is 1. The second kappa shape index (κ2) is 9.09. The summed E-state index contributed by atoms with van der Waals surface area (Å²) in [5.74, 6) is -0.142. The van der Waals surface area contributed by atoms with Crippen LogP contribution in [0.15, 0.2) is 29.2 Å². The van der Waals surface area contributed by atoms with Gasteiger partial charge in [0.2, 0.25) is 15.9 Å². The molecule has 1 aromatic carbocycles. The predicted octanol–water partition coefficient (Wildman–Crippen LogP) is 1.89. The minimum absolute atomic E-state index is 0. The molecule has 0 spiro atoms. The molecule has 0 aromatic heterocycles. The number of carbonyl (C=O) groups is 1. The van der Waals surface area contributed by atoms with Crippen LogP contribution in [0.25, 0.3) is 0 Å². The summed E-state index contributed by atoms with van der Waals surface area (Å²) in [4.78, 5) is 14.8. The third-order valence-corrected chi connectivity index (χ3v) is 7.47. The number of sulfonamides is 1. The molecule has 2 heterocycles. The molecule has 9 heteroatoms. The van der Waals surface area contributed by atoms with Crippen LogP contribution < -0.4 is 11.1 Å². The van der Waals surface area contributed by atoms with E-state index < -0.39 is 10.0 Å². The maximum absolute atomic E-state index is 12.7. The van der Waals surface area contributed by atoms with Crippen LogP contribution in [0.1, 0.15) is 33.1 Å². The zero-order chi connectivity index (χ0) is 19.7. The van der Waals surface area contributed by atoms with E-state index in [1.807, 2.05) is 0 Å². The van der Waals surface area contributed by atoms with Gasteiger partial charge in [0.05, 0.1) is 11.4 Å². The molecule has 1 amide bonds. The zero-order valence-electron chi connectivity index (χ0n) is 16.6. The highest BCUT2D eigenvalue weighted by Crippen LogP contribution is 2.27. The van der Waals surface area contributed by atoms with Crippen molar-refractivity contribution in [2.45, 2.75) is 44.0 Å². The number of piperidine rings is 1. The number of anilines is 1. The van der Waals surface area contributed by atoms with Crippen molar-refractivity contribution >= 4 is 34.0 Å². The zero-order valence-corrected chi connectivity index (χ0v) is 18.2. The van der Waals surface area contributed by atoms with E-state index in [0.717, 1.165) is 32.4 Å². The molecule has 0 radical (unpaired) electrons. The molecule has 1 unspecified atom stereocenters. The summed E-state index contributed by atoms with van der Waals surface area (Å²) in [6.45, 7) is 7.20. The fraction of sp³-hybridized carbons (Fsp3) is 0.632. The number of rotatable bonds is 5. The Morgan fingerprint density at radius 1 is 1.25 bits per heavy atom. The van der Waals surface area contributed by atoms with Crippen LogP contribution in [0.4, 0.5) is 5.69 Å². The molecule has 2 aliphatic heterocycles. The Morgan fingerprint density at radius 2 is 1.93 bits per heavy atom. The highest BCUT2D eigenvalue weighted by molar-refractivity contribution is 7.89. The average molecular weight is 431 g/mol. The van der Waals surface area contributed by atoms with E-state index in [1.165, 1.54) is 4.31 Å². The molecule has 3 rings (SSSR count). The molecule has 2 fully saturated rings. The lowest BCUT2D eigenvalue weighted by Crippen LogP contribution is -2.53. The second-order valence-electron chi connectivity index (χ2n) is 8.28. The lowest BCUT2D eigenvalue weighted by Gasteiger charge is -2.42. The first kappa shape index (κ1) is 23.1. The Morgan fingerprint density at radius 3 is 2.57 bits per heavy atom.